The summed E-state index contributed by atoms with van der Waals surface area (Å²) in [4.78, 5) is 31.6. The van der Waals surface area contributed by atoms with E-state index in [0.717, 1.165) is 4.31 Å². The molecule has 0 saturated carbocycles. The molecule has 0 radical (unpaired) electrons. The second-order valence-electron chi connectivity index (χ2n) is 7.83. The number of halogens is 1. The lowest BCUT2D eigenvalue weighted by Gasteiger charge is -2.25. The molecule has 0 bridgehead atoms. The van der Waals surface area contributed by atoms with Gasteiger partial charge in [0, 0.05) is 30.2 Å². The van der Waals surface area contributed by atoms with Crippen LogP contribution in [0, 0.1) is 5.82 Å². The van der Waals surface area contributed by atoms with E-state index in [4.69, 9.17) is 10.5 Å². The molecule has 4 rings (SSSR count). The number of aromatic nitrogens is 2. The number of ether oxygens (including phenoxy) is 2. The van der Waals surface area contributed by atoms with E-state index in [-0.39, 0.29) is 31.7 Å². The van der Waals surface area contributed by atoms with Gasteiger partial charge >= 0.3 is 16.3 Å². The molecule has 2 amide bonds. The number of nitrogens with zero attached hydrogens (tertiary/aromatic N) is 2. The summed E-state index contributed by atoms with van der Waals surface area (Å²) in [5.74, 6) is -0.824. The number of rotatable bonds is 7. The number of carbonyl (C=O) groups is 2. The molecule has 36 heavy (non-hydrogen) atoms. The Morgan fingerprint density at radius 3 is 2.69 bits per heavy atom. The van der Waals surface area contributed by atoms with Crippen LogP contribution in [-0.4, -0.2) is 61.5 Å². The number of pyridine rings is 1. The van der Waals surface area contributed by atoms with Crippen LogP contribution in [0.5, 0.6) is 5.75 Å². The Balaban J connectivity index is 1.76. The third-order valence-electron chi connectivity index (χ3n) is 5.71. The van der Waals surface area contributed by atoms with E-state index in [1.165, 1.54) is 31.5 Å². The molecule has 11 nitrogen and oxygen atoms in total. The maximum atomic E-state index is 14.1. The predicted octanol–water partition coefficient (Wildman–Crippen LogP) is 2.56. The highest BCUT2D eigenvalue weighted by Gasteiger charge is 2.30. The molecule has 0 atom stereocenters. The molecule has 0 spiro atoms. The monoisotopic (exact) mass is 517 g/mol. The standard InChI is InChI=1S/C23H24FN5O6S/c1-3-35-23(31)28-36(32,33)29-10-7-13(8-11-29)20-19(21(25)30)18-15(6-9-26-22(18)27-20)16-12-14(24)4-5-17(16)34-2/h4-7,9,12H,3,8,10-11H2,1-2H3,(H2,25,30)(H,26,27)(H,28,31). The quantitative estimate of drug-likeness (QED) is 0.435. The largest absolute Gasteiger partial charge is 0.496 e. The van der Waals surface area contributed by atoms with Crippen LogP contribution in [0.2, 0.25) is 0 Å². The number of benzene rings is 1. The number of carbonyl (C=O) groups excluding carboxylic acids is 2. The van der Waals surface area contributed by atoms with E-state index >= 15 is 0 Å². The minimum Gasteiger partial charge on any atom is -0.496 e. The highest BCUT2D eigenvalue weighted by Crippen LogP contribution is 2.39. The third-order valence-corrected chi connectivity index (χ3v) is 7.15. The lowest BCUT2D eigenvalue weighted by atomic mass is 9.96. The van der Waals surface area contributed by atoms with Crippen LogP contribution in [0.15, 0.2) is 36.5 Å². The zero-order chi connectivity index (χ0) is 26.0. The minimum absolute atomic E-state index is 0.0270. The van der Waals surface area contributed by atoms with Crippen LogP contribution in [0.4, 0.5) is 9.18 Å². The molecule has 0 aliphatic carbocycles. The van der Waals surface area contributed by atoms with Crippen LogP contribution in [0.3, 0.4) is 0 Å². The summed E-state index contributed by atoms with van der Waals surface area (Å²) >= 11 is 0. The van der Waals surface area contributed by atoms with E-state index in [2.05, 4.69) is 14.7 Å². The summed E-state index contributed by atoms with van der Waals surface area (Å²) in [6.07, 6.45) is 2.28. The number of amides is 2. The molecule has 1 aromatic carbocycles. The van der Waals surface area contributed by atoms with Crippen LogP contribution < -0.4 is 15.2 Å². The van der Waals surface area contributed by atoms with Gasteiger partial charge in [0.2, 0.25) is 0 Å². The summed E-state index contributed by atoms with van der Waals surface area (Å²) in [6, 6.07) is 5.68. The van der Waals surface area contributed by atoms with E-state index < -0.39 is 28.0 Å². The average molecular weight is 518 g/mol. The van der Waals surface area contributed by atoms with Crippen molar-refractivity contribution in [3.05, 3.63) is 53.6 Å². The number of aromatic amines is 1. The Hall–Kier alpha value is -3.97. The van der Waals surface area contributed by atoms with Gasteiger partial charge in [0.25, 0.3) is 5.91 Å². The summed E-state index contributed by atoms with van der Waals surface area (Å²) in [5, 5.41) is 0.392. The molecule has 3 aromatic rings. The van der Waals surface area contributed by atoms with Crippen molar-refractivity contribution in [2.24, 2.45) is 5.73 Å². The molecule has 1 aliphatic heterocycles. The molecule has 4 N–H and O–H groups in total. The van der Waals surface area contributed by atoms with Crippen molar-refractivity contribution in [3.8, 4) is 16.9 Å². The molecule has 0 fully saturated rings. The summed E-state index contributed by atoms with van der Waals surface area (Å²) in [7, 11) is -2.66. The Kier molecular flexibility index (Phi) is 6.95. The topological polar surface area (TPSA) is 157 Å². The van der Waals surface area contributed by atoms with Gasteiger partial charge in [-0.3, -0.25) is 4.79 Å². The van der Waals surface area contributed by atoms with Gasteiger partial charge in [-0.05, 0) is 48.7 Å². The van der Waals surface area contributed by atoms with Gasteiger partial charge in [-0.2, -0.15) is 12.7 Å². The molecule has 0 saturated heterocycles. The Labute approximate surface area is 206 Å². The molecule has 190 valence electrons. The number of nitrogens with two attached hydrogens (primary N) is 1. The fraction of sp³-hybridized carbons (Fsp3) is 0.261. The van der Waals surface area contributed by atoms with Crippen molar-refractivity contribution < 1.29 is 31.9 Å². The predicted molar refractivity (Wildman–Crippen MR) is 130 cm³/mol. The molecule has 1 aliphatic rings. The number of nitrogens with one attached hydrogen (secondary N) is 2. The smallest absolute Gasteiger partial charge is 0.421 e. The number of fused-ring (bicyclic) bond motifs is 1. The maximum absolute atomic E-state index is 14.1. The lowest BCUT2D eigenvalue weighted by molar-refractivity contribution is 0.100. The fourth-order valence-corrected chi connectivity index (χ4v) is 5.15. The van der Waals surface area contributed by atoms with Crippen LogP contribution in [0.25, 0.3) is 27.7 Å². The van der Waals surface area contributed by atoms with Crippen molar-refractivity contribution >= 4 is 38.8 Å². The van der Waals surface area contributed by atoms with Gasteiger partial charge in [0.05, 0.1) is 25.0 Å². The zero-order valence-corrected chi connectivity index (χ0v) is 20.3. The first-order valence-electron chi connectivity index (χ1n) is 10.9. The van der Waals surface area contributed by atoms with Crippen molar-refractivity contribution in [2.45, 2.75) is 13.3 Å². The van der Waals surface area contributed by atoms with Gasteiger partial charge in [-0.15, -0.1) is 0 Å². The van der Waals surface area contributed by atoms with Gasteiger partial charge in [0.1, 0.15) is 17.2 Å². The van der Waals surface area contributed by atoms with E-state index in [1.54, 1.807) is 19.1 Å². The van der Waals surface area contributed by atoms with Gasteiger partial charge in [-0.1, -0.05) is 6.08 Å². The van der Waals surface area contributed by atoms with E-state index in [1.807, 2.05) is 4.72 Å². The molecule has 2 aromatic heterocycles. The molecule has 0 unspecified atom stereocenters. The second kappa shape index (κ2) is 9.95. The third kappa shape index (κ3) is 4.75. The lowest BCUT2D eigenvalue weighted by Crippen LogP contribution is -2.45. The van der Waals surface area contributed by atoms with Crippen LogP contribution in [0.1, 0.15) is 29.4 Å². The first-order chi connectivity index (χ1) is 17.2. The van der Waals surface area contributed by atoms with Crippen LogP contribution >= 0.6 is 0 Å². The number of primary amides is 1. The molecule has 3 heterocycles. The van der Waals surface area contributed by atoms with E-state index in [0.29, 0.717) is 39.2 Å². The number of H-pyrrole nitrogens is 1. The van der Waals surface area contributed by atoms with Crippen molar-refractivity contribution in [3.63, 3.8) is 0 Å². The maximum Gasteiger partial charge on any atom is 0.421 e. The molecular formula is C23H24FN5O6S. The minimum atomic E-state index is -4.12. The van der Waals surface area contributed by atoms with E-state index in [9.17, 15) is 22.4 Å². The highest BCUT2D eigenvalue weighted by atomic mass is 32.2. The van der Waals surface area contributed by atoms with Crippen molar-refractivity contribution in [1.82, 2.24) is 19.0 Å². The second-order valence-corrected chi connectivity index (χ2v) is 9.50. The van der Waals surface area contributed by atoms with Gasteiger partial charge in [0.15, 0.2) is 0 Å². The highest BCUT2D eigenvalue weighted by molar-refractivity contribution is 7.87. The van der Waals surface area contributed by atoms with Crippen molar-refractivity contribution in [1.29, 1.82) is 0 Å². The zero-order valence-electron chi connectivity index (χ0n) is 19.5. The molecular weight excluding hydrogens is 493 g/mol. The fourth-order valence-electron chi connectivity index (χ4n) is 4.14. The summed E-state index contributed by atoms with van der Waals surface area (Å²) in [6.45, 7) is 1.56. The normalized spacial score (nSPS) is 14.4. The first kappa shape index (κ1) is 25.1. The Morgan fingerprint density at radius 2 is 2.06 bits per heavy atom. The van der Waals surface area contributed by atoms with Gasteiger partial charge in [-0.25, -0.2) is 18.9 Å². The Bertz CT molecular complexity index is 1480. The number of hydrogen-bond donors (Lipinski definition) is 3. The summed E-state index contributed by atoms with van der Waals surface area (Å²) < 4.78 is 52.0. The number of hydrogen-bond acceptors (Lipinski definition) is 7. The number of methoxy groups -OCH3 is 1. The average Bonchev–Trinajstić information content (AvgIpc) is 3.24. The van der Waals surface area contributed by atoms with Crippen molar-refractivity contribution in [2.75, 3.05) is 26.8 Å². The van der Waals surface area contributed by atoms with Crippen LogP contribution in [-0.2, 0) is 14.9 Å². The first-order valence-corrected chi connectivity index (χ1v) is 12.4. The van der Waals surface area contributed by atoms with Gasteiger partial charge < -0.3 is 20.2 Å². The Morgan fingerprint density at radius 1 is 1.28 bits per heavy atom. The summed E-state index contributed by atoms with van der Waals surface area (Å²) in [5.41, 5.74) is 8.21. The molecule has 13 heteroatoms. The SMILES string of the molecule is CCOC(=O)NS(=O)(=O)N1CC=C(c2[nH]c3nccc(-c4cc(F)ccc4OC)c3c2C(N)=O)CC1.